The van der Waals surface area contributed by atoms with Crippen molar-refractivity contribution in [1.82, 2.24) is 0 Å². The van der Waals surface area contributed by atoms with Crippen LogP contribution in [-0.4, -0.2) is 5.78 Å². The Hall–Kier alpha value is -0.330. The molecule has 0 aromatic rings. The molecule has 3 unspecified atom stereocenters. The van der Waals surface area contributed by atoms with Crippen LogP contribution in [-0.2, 0) is 4.79 Å². The lowest BCUT2D eigenvalue weighted by Gasteiger charge is -2.35. The average Bonchev–Trinajstić information content (AvgIpc) is 2.81. The van der Waals surface area contributed by atoms with E-state index in [1.807, 2.05) is 0 Å². The number of carbonyl (C=O) groups excluding carboxylic acids is 1. The van der Waals surface area contributed by atoms with Crippen molar-refractivity contribution < 1.29 is 4.79 Å². The van der Waals surface area contributed by atoms with Gasteiger partial charge in [0.1, 0.15) is 5.78 Å². The van der Waals surface area contributed by atoms with Crippen molar-refractivity contribution in [2.45, 2.75) is 80.1 Å². The third kappa shape index (κ3) is 3.46. The first-order chi connectivity index (χ1) is 9.11. The van der Waals surface area contributed by atoms with E-state index in [4.69, 9.17) is 0 Å². The summed E-state index contributed by atoms with van der Waals surface area (Å²) in [6.07, 6.45) is 7.38. The van der Waals surface area contributed by atoms with Gasteiger partial charge in [-0.2, -0.15) is 0 Å². The first kappa shape index (κ1) is 16.0. The smallest absolute Gasteiger partial charge is 0.136 e. The summed E-state index contributed by atoms with van der Waals surface area (Å²) < 4.78 is 0. The van der Waals surface area contributed by atoms with Gasteiger partial charge in [0.15, 0.2) is 0 Å². The summed E-state index contributed by atoms with van der Waals surface area (Å²) in [5.41, 5.74) is 0.943. The van der Waals surface area contributed by atoms with E-state index in [-0.39, 0.29) is 0 Å². The van der Waals surface area contributed by atoms with E-state index in [0.717, 1.165) is 18.8 Å². The number of carbonyl (C=O) groups is 1. The maximum atomic E-state index is 12.1. The molecule has 116 valence electrons. The molecular formula is C19H34O. The molecule has 2 aliphatic carbocycles. The normalized spacial score (nSPS) is 34.1. The van der Waals surface area contributed by atoms with Crippen LogP contribution in [0.25, 0.3) is 0 Å². The van der Waals surface area contributed by atoms with Crippen LogP contribution in [0.5, 0.6) is 0 Å². The van der Waals surface area contributed by atoms with Gasteiger partial charge >= 0.3 is 0 Å². The number of ketones is 1. The lowest BCUT2D eigenvalue weighted by Crippen LogP contribution is -2.25. The van der Waals surface area contributed by atoms with Gasteiger partial charge in [0.05, 0.1) is 0 Å². The second kappa shape index (κ2) is 5.46. The van der Waals surface area contributed by atoms with E-state index in [0.29, 0.717) is 34.4 Å². The fourth-order valence-electron chi connectivity index (χ4n) is 4.82. The Bertz CT molecular complexity index is 364. The highest BCUT2D eigenvalue weighted by atomic mass is 16.1. The quantitative estimate of drug-likeness (QED) is 0.665. The molecule has 1 nitrogen and oxygen atoms in total. The molecule has 0 aliphatic heterocycles. The van der Waals surface area contributed by atoms with Crippen molar-refractivity contribution in [1.29, 1.82) is 0 Å². The van der Waals surface area contributed by atoms with Crippen LogP contribution in [0.4, 0.5) is 0 Å². The largest absolute Gasteiger partial charge is 0.299 e. The zero-order valence-corrected chi connectivity index (χ0v) is 14.5. The fraction of sp³-hybridized carbons (Fsp3) is 0.947. The Labute approximate surface area is 125 Å². The second-order valence-corrected chi connectivity index (χ2v) is 9.42. The summed E-state index contributed by atoms with van der Waals surface area (Å²) in [4.78, 5) is 12.1. The van der Waals surface area contributed by atoms with Crippen LogP contribution < -0.4 is 0 Å². The number of rotatable bonds is 4. The fourth-order valence-corrected chi connectivity index (χ4v) is 4.82. The van der Waals surface area contributed by atoms with Gasteiger partial charge in [-0.05, 0) is 60.7 Å². The van der Waals surface area contributed by atoms with E-state index in [1.54, 1.807) is 0 Å². The molecule has 0 spiro atoms. The predicted octanol–water partition coefficient (Wildman–Crippen LogP) is 5.48. The molecule has 3 atom stereocenters. The molecule has 2 fully saturated rings. The Morgan fingerprint density at radius 2 is 1.95 bits per heavy atom. The van der Waals surface area contributed by atoms with Crippen LogP contribution in [0.2, 0.25) is 0 Å². The topological polar surface area (TPSA) is 17.1 Å². The van der Waals surface area contributed by atoms with Crippen molar-refractivity contribution >= 4 is 5.78 Å². The van der Waals surface area contributed by atoms with E-state index >= 15 is 0 Å². The minimum atomic E-state index is 0.343. The standard InChI is InChI=1S/C19H34O/c1-13(2)16-9-14(10-17(16)20)11-19(5,6)15-7-8-18(3,4)12-15/h13-16H,7-12H2,1-6H3. The highest BCUT2D eigenvalue weighted by Crippen LogP contribution is 2.52. The van der Waals surface area contributed by atoms with Crippen LogP contribution in [0.1, 0.15) is 80.1 Å². The third-order valence-corrected chi connectivity index (χ3v) is 6.18. The molecule has 2 aliphatic rings. The summed E-state index contributed by atoms with van der Waals surface area (Å²) in [5, 5.41) is 0. The zero-order chi connectivity index (χ0) is 15.1. The predicted molar refractivity (Wildman–Crippen MR) is 85.6 cm³/mol. The van der Waals surface area contributed by atoms with E-state index < -0.39 is 0 Å². The van der Waals surface area contributed by atoms with Gasteiger partial charge in [0.2, 0.25) is 0 Å². The Morgan fingerprint density at radius 3 is 2.40 bits per heavy atom. The van der Waals surface area contributed by atoms with Crippen LogP contribution >= 0.6 is 0 Å². The molecule has 2 saturated carbocycles. The molecule has 1 heteroatoms. The van der Waals surface area contributed by atoms with Gasteiger partial charge in [-0.15, -0.1) is 0 Å². The Balaban J connectivity index is 1.94. The van der Waals surface area contributed by atoms with Gasteiger partial charge in [-0.1, -0.05) is 41.5 Å². The summed E-state index contributed by atoms with van der Waals surface area (Å²) in [5.74, 6) is 2.91. The molecule has 0 N–H and O–H groups in total. The van der Waals surface area contributed by atoms with Crippen molar-refractivity contribution in [3.63, 3.8) is 0 Å². The molecule has 2 rings (SSSR count). The molecule has 0 aromatic heterocycles. The van der Waals surface area contributed by atoms with Crippen molar-refractivity contribution in [3.05, 3.63) is 0 Å². The SMILES string of the molecule is CC(C)C1CC(CC(C)(C)C2CCC(C)(C)C2)CC1=O. The van der Waals surface area contributed by atoms with Crippen LogP contribution in [0.3, 0.4) is 0 Å². The zero-order valence-electron chi connectivity index (χ0n) is 14.5. The van der Waals surface area contributed by atoms with E-state index in [1.165, 1.54) is 25.7 Å². The maximum absolute atomic E-state index is 12.1. The van der Waals surface area contributed by atoms with Gasteiger partial charge in [0.25, 0.3) is 0 Å². The number of Topliss-reactive ketones (excluding diaryl/α,β-unsaturated/α-hetero) is 1. The molecule has 0 saturated heterocycles. The maximum Gasteiger partial charge on any atom is 0.136 e. The van der Waals surface area contributed by atoms with Crippen LogP contribution in [0, 0.1) is 34.5 Å². The molecule has 0 amide bonds. The first-order valence-electron chi connectivity index (χ1n) is 8.63. The molecule has 0 aromatic carbocycles. The highest BCUT2D eigenvalue weighted by molar-refractivity contribution is 5.83. The van der Waals surface area contributed by atoms with Gasteiger partial charge in [-0.3, -0.25) is 4.79 Å². The Morgan fingerprint density at radius 1 is 1.30 bits per heavy atom. The minimum absolute atomic E-state index is 0.343. The molecular weight excluding hydrogens is 244 g/mol. The number of hydrogen-bond donors (Lipinski definition) is 0. The minimum Gasteiger partial charge on any atom is -0.299 e. The Kier molecular flexibility index (Phi) is 4.38. The van der Waals surface area contributed by atoms with Crippen LogP contribution in [0.15, 0.2) is 0 Å². The van der Waals surface area contributed by atoms with Crippen molar-refractivity contribution in [2.75, 3.05) is 0 Å². The summed E-state index contributed by atoms with van der Waals surface area (Å²) in [6.45, 7) is 14.1. The molecule has 20 heavy (non-hydrogen) atoms. The summed E-state index contributed by atoms with van der Waals surface area (Å²) in [6, 6.07) is 0. The first-order valence-corrected chi connectivity index (χ1v) is 8.63. The molecule has 0 bridgehead atoms. The molecule has 0 radical (unpaired) electrons. The molecule has 0 heterocycles. The van der Waals surface area contributed by atoms with E-state index in [9.17, 15) is 4.79 Å². The van der Waals surface area contributed by atoms with Gasteiger partial charge in [-0.25, -0.2) is 0 Å². The average molecular weight is 278 g/mol. The van der Waals surface area contributed by atoms with Gasteiger partial charge in [0, 0.05) is 12.3 Å². The van der Waals surface area contributed by atoms with Gasteiger partial charge < -0.3 is 0 Å². The second-order valence-electron chi connectivity index (χ2n) is 9.42. The van der Waals surface area contributed by atoms with Crippen molar-refractivity contribution in [2.24, 2.45) is 34.5 Å². The lowest BCUT2D eigenvalue weighted by atomic mass is 9.70. The highest BCUT2D eigenvalue weighted by Gasteiger charge is 2.43. The summed E-state index contributed by atoms with van der Waals surface area (Å²) >= 11 is 0. The summed E-state index contributed by atoms with van der Waals surface area (Å²) in [7, 11) is 0. The lowest BCUT2D eigenvalue weighted by molar-refractivity contribution is -0.121. The van der Waals surface area contributed by atoms with E-state index in [2.05, 4.69) is 41.5 Å². The third-order valence-electron chi connectivity index (χ3n) is 6.18. The number of hydrogen-bond acceptors (Lipinski definition) is 1. The monoisotopic (exact) mass is 278 g/mol. The van der Waals surface area contributed by atoms with Crippen molar-refractivity contribution in [3.8, 4) is 0 Å².